The molecule has 6 nitrogen and oxygen atoms in total. The molecule has 0 radical (unpaired) electrons. The zero-order chi connectivity index (χ0) is 13.9. The molecule has 7 heteroatoms. The largest absolute Gasteiger partial charge is 0.370 e. The summed E-state index contributed by atoms with van der Waals surface area (Å²) in [6.07, 6.45) is 2.70. The van der Waals surface area contributed by atoms with Crippen molar-refractivity contribution in [1.82, 2.24) is 4.31 Å². The van der Waals surface area contributed by atoms with Crippen LogP contribution in [-0.4, -0.2) is 31.8 Å². The fraction of sp³-hybridized carbons (Fsp3) is 0.417. The number of piperidine rings is 1. The van der Waals surface area contributed by atoms with Crippen LogP contribution in [0.4, 0.5) is 0 Å². The molecule has 0 atom stereocenters. The lowest BCUT2D eigenvalue weighted by Crippen LogP contribution is -2.36. The molecule has 0 amide bonds. The minimum atomic E-state index is -3.67. The molecule has 0 saturated carbocycles. The van der Waals surface area contributed by atoms with Crippen LogP contribution in [0.2, 0.25) is 0 Å². The first-order valence-electron chi connectivity index (χ1n) is 6.07. The van der Waals surface area contributed by atoms with E-state index in [0.29, 0.717) is 13.1 Å². The van der Waals surface area contributed by atoms with Crippen molar-refractivity contribution < 1.29 is 18.0 Å². The van der Waals surface area contributed by atoms with Gasteiger partial charge in [-0.3, -0.25) is 0 Å². The monoisotopic (exact) mass is 284 g/mol. The standard InChI is InChI=1S/C12H16N2O4S/c13-18-12(15)10-6-2-3-7-11(10)19(16,17)14-8-4-1-5-9-14/h2-3,6-7H,1,4-5,8-9,13H2. The van der Waals surface area contributed by atoms with Crippen LogP contribution in [-0.2, 0) is 14.9 Å². The van der Waals surface area contributed by atoms with Gasteiger partial charge in [0.05, 0.1) is 10.5 Å². The normalized spacial score (nSPS) is 17.1. The second-order valence-electron chi connectivity index (χ2n) is 4.37. The van der Waals surface area contributed by atoms with Crippen molar-refractivity contribution in [1.29, 1.82) is 0 Å². The molecule has 1 aliphatic rings. The first-order valence-corrected chi connectivity index (χ1v) is 7.51. The van der Waals surface area contributed by atoms with E-state index in [1.165, 1.54) is 16.4 Å². The number of hydrogen-bond donors (Lipinski definition) is 1. The van der Waals surface area contributed by atoms with Gasteiger partial charge in [-0.25, -0.2) is 13.2 Å². The smallest absolute Gasteiger partial charge is 0.357 e. The third-order valence-corrected chi connectivity index (χ3v) is 5.10. The predicted molar refractivity (Wildman–Crippen MR) is 68.7 cm³/mol. The van der Waals surface area contributed by atoms with Crippen LogP contribution < -0.4 is 5.90 Å². The summed E-state index contributed by atoms with van der Waals surface area (Å²) < 4.78 is 26.4. The number of hydrogen-bond acceptors (Lipinski definition) is 5. The third-order valence-electron chi connectivity index (χ3n) is 3.15. The number of benzene rings is 1. The molecule has 1 aromatic carbocycles. The number of carbonyl (C=O) groups excluding carboxylic acids is 1. The highest BCUT2D eigenvalue weighted by atomic mass is 32.2. The van der Waals surface area contributed by atoms with Crippen LogP contribution in [0.5, 0.6) is 0 Å². The summed E-state index contributed by atoms with van der Waals surface area (Å²) in [7, 11) is -3.67. The zero-order valence-corrected chi connectivity index (χ0v) is 11.2. The van der Waals surface area contributed by atoms with Crippen LogP contribution in [0.15, 0.2) is 29.2 Å². The van der Waals surface area contributed by atoms with Crippen molar-refractivity contribution in [3.8, 4) is 0 Å². The Morgan fingerprint density at radius 1 is 1.16 bits per heavy atom. The molecular formula is C12H16N2O4S. The Balaban J connectivity index is 2.42. The number of carbonyl (C=O) groups is 1. The summed E-state index contributed by atoms with van der Waals surface area (Å²) in [6.45, 7) is 0.961. The predicted octanol–water partition coefficient (Wildman–Crippen LogP) is 0.892. The fourth-order valence-corrected chi connectivity index (χ4v) is 3.86. The van der Waals surface area contributed by atoms with Gasteiger partial charge in [0.1, 0.15) is 0 Å². The lowest BCUT2D eigenvalue weighted by Gasteiger charge is -2.26. The lowest BCUT2D eigenvalue weighted by molar-refractivity contribution is 0.0498. The van der Waals surface area contributed by atoms with Gasteiger partial charge in [-0.05, 0) is 25.0 Å². The minimum Gasteiger partial charge on any atom is -0.370 e. The highest BCUT2D eigenvalue weighted by molar-refractivity contribution is 7.89. The summed E-state index contributed by atoms with van der Waals surface area (Å²) in [5.74, 6) is 3.99. The van der Waals surface area contributed by atoms with E-state index in [1.807, 2.05) is 0 Å². The maximum atomic E-state index is 12.5. The molecule has 1 heterocycles. The van der Waals surface area contributed by atoms with Crippen LogP contribution in [0.3, 0.4) is 0 Å². The molecule has 1 aliphatic heterocycles. The van der Waals surface area contributed by atoms with Gasteiger partial charge in [0.25, 0.3) is 0 Å². The molecule has 0 bridgehead atoms. The van der Waals surface area contributed by atoms with E-state index >= 15 is 0 Å². The van der Waals surface area contributed by atoms with Crippen molar-refractivity contribution in [3.63, 3.8) is 0 Å². The van der Waals surface area contributed by atoms with E-state index in [0.717, 1.165) is 19.3 Å². The molecule has 0 spiro atoms. The van der Waals surface area contributed by atoms with Crippen LogP contribution in [0, 0.1) is 0 Å². The number of sulfonamides is 1. The van der Waals surface area contributed by atoms with E-state index in [-0.39, 0.29) is 10.5 Å². The average Bonchev–Trinajstić information content (AvgIpc) is 2.47. The summed E-state index contributed by atoms with van der Waals surface area (Å²) in [5.41, 5.74) is -0.0319. The highest BCUT2D eigenvalue weighted by Crippen LogP contribution is 2.23. The van der Waals surface area contributed by atoms with Gasteiger partial charge in [-0.15, -0.1) is 0 Å². The van der Waals surface area contributed by atoms with Crippen LogP contribution >= 0.6 is 0 Å². The Morgan fingerprint density at radius 2 is 1.79 bits per heavy atom. The molecule has 1 saturated heterocycles. The van der Waals surface area contributed by atoms with Gasteiger partial charge < -0.3 is 4.84 Å². The van der Waals surface area contributed by atoms with Crippen molar-refractivity contribution in [2.75, 3.05) is 13.1 Å². The van der Waals surface area contributed by atoms with E-state index in [9.17, 15) is 13.2 Å². The second kappa shape index (κ2) is 5.68. The first kappa shape index (κ1) is 14.0. The second-order valence-corrected chi connectivity index (χ2v) is 6.27. The molecule has 0 unspecified atom stereocenters. The van der Waals surface area contributed by atoms with Crippen molar-refractivity contribution >= 4 is 16.0 Å². The van der Waals surface area contributed by atoms with Gasteiger partial charge >= 0.3 is 5.97 Å². The van der Waals surface area contributed by atoms with E-state index < -0.39 is 16.0 Å². The molecule has 1 aromatic rings. The molecular weight excluding hydrogens is 268 g/mol. The first-order chi connectivity index (χ1) is 9.07. The Hall–Kier alpha value is -1.44. The van der Waals surface area contributed by atoms with Gasteiger partial charge in [0, 0.05) is 13.1 Å². The Labute approximate surface area is 112 Å². The molecule has 0 aromatic heterocycles. The Bertz CT molecular complexity index is 565. The highest BCUT2D eigenvalue weighted by Gasteiger charge is 2.30. The minimum absolute atomic E-state index is 0.0319. The maximum absolute atomic E-state index is 12.5. The molecule has 2 N–H and O–H groups in total. The Morgan fingerprint density at radius 3 is 2.42 bits per heavy atom. The van der Waals surface area contributed by atoms with Crippen molar-refractivity contribution in [2.45, 2.75) is 24.2 Å². The average molecular weight is 284 g/mol. The van der Waals surface area contributed by atoms with E-state index in [1.54, 1.807) is 12.1 Å². The molecule has 19 heavy (non-hydrogen) atoms. The molecule has 2 rings (SSSR count). The van der Waals surface area contributed by atoms with Crippen molar-refractivity contribution in [2.24, 2.45) is 5.90 Å². The SMILES string of the molecule is NOC(=O)c1ccccc1S(=O)(=O)N1CCCCC1. The molecule has 1 fully saturated rings. The topological polar surface area (TPSA) is 89.7 Å². The van der Waals surface area contributed by atoms with Gasteiger partial charge in [-0.1, -0.05) is 18.6 Å². The van der Waals surface area contributed by atoms with E-state index in [2.05, 4.69) is 4.84 Å². The summed E-state index contributed by atoms with van der Waals surface area (Å²) in [4.78, 5) is 15.6. The number of nitrogens with zero attached hydrogens (tertiary/aromatic N) is 1. The van der Waals surface area contributed by atoms with Crippen LogP contribution in [0.1, 0.15) is 29.6 Å². The summed E-state index contributed by atoms with van der Waals surface area (Å²) >= 11 is 0. The van der Waals surface area contributed by atoms with Gasteiger partial charge in [0.2, 0.25) is 10.0 Å². The summed E-state index contributed by atoms with van der Waals surface area (Å²) in [5, 5.41) is 0. The third kappa shape index (κ3) is 2.78. The number of rotatable bonds is 3. The van der Waals surface area contributed by atoms with Crippen molar-refractivity contribution in [3.05, 3.63) is 29.8 Å². The van der Waals surface area contributed by atoms with E-state index in [4.69, 9.17) is 5.90 Å². The number of nitrogens with two attached hydrogens (primary N) is 1. The van der Waals surface area contributed by atoms with Gasteiger partial charge in [-0.2, -0.15) is 10.2 Å². The summed E-state index contributed by atoms with van der Waals surface area (Å²) in [6, 6.07) is 5.94. The van der Waals surface area contributed by atoms with Crippen LogP contribution in [0.25, 0.3) is 0 Å². The van der Waals surface area contributed by atoms with Gasteiger partial charge in [0.15, 0.2) is 0 Å². The maximum Gasteiger partial charge on any atom is 0.357 e. The fourth-order valence-electron chi connectivity index (χ4n) is 2.17. The molecule has 104 valence electrons. The quantitative estimate of drug-likeness (QED) is 0.833. The lowest BCUT2D eigenvalue weighted by atomic mass is 10.2. The zero-order valence-electron chi connectivity index (χ0n) is 10.4. The molecule has 0 aliphatic carbocycles. The Kier molecular flexibility index (Phi) is 4.18.